The summed E-state index contributed by atoms with van der Waals surface area (Å²) in [5.41, 5.74) is 2.39. The van der Waals surface area contributed by atoms with E-state index in [4.69, 9.17) is 9.84 Å². The molecule has 20 heavy (non-hydrogen) atoms. The maximum Gasteiger partial charge on any atom is 0.335 e. The Hall–Kier alpha value is -1.94. The van der Waals surface area contributed by atoms with Crippen molar-refractivity contribution in [2.24, 2.45) is 0 Å². The molecule has 0 amide bonds. The molecule has 0 fully saturated rings. The summed E-state index contributed by atoms with van der Waals surface area (Å²) in [5, 5.41) is 9.05. The molecule has 0 atom stereocenters. The Morgan fingerprint density at radius 1 is 1.25 bits per heavy atom. The van der Waals surface area contributed by atoms with Crippen molar-refractivity contribution in [3.63, 3.8) is 0 Å². The molecular weight excluding hydrogens is 272 g/mol. The number of carbonyl (C=O) groups is 1. The quantitative estimate of drug-likeness (QED) is 0.845. The number of aromatic carboxylic acids is 1. The van der Waals surface area contributed by atoms with Gasteiger partial charge in [-0.05, 0) is 36.8 Å². The van der Waals surface area contributed by atoms with E-state index in [1.54, 1.807) is 37.1 Å². The SMILES string of the molecule is COc1ccc(C(=O)O)cc1CSc1ccccc1C. The van der Waals surface area contributed by atoms with E-state index < -0.39 is 5.97 Å². The van der Waals surface area contributed by atoms with Crippen LogP contribution in [0.2, 0.25) is 0 Å². The number of benzene rings is 2. The minimum Gasteiger partial charge on any atom is -0.496 e. The van der Waals surface area contributed by atoms with Crippen LogP contribution < -0.4 is 4.74 Å². The number of hydrogen-bond acceptors (Lipinski definition) is 3. The van der Waals surface area contributed by atoms with E-state index in [2.05, 4.69) is 19.1 Å². The predicted molar refractivity (Wildman–Crippen MR) is 80.7 cm³/mol. The summed E-state index contributed by atoms with van der Waals surface area (Å²) in [6.07, 6.45) is 0. The highest BCUT2D eigenvalue weighted by molar-refractivity contribution is 7.98. The minimum atomic E-state index is -0.921. The zero-order valence-electron chi connectivity index (χ0n) is 11.4. The van der Waals surface area contributed by atoms with Crippen LogP contribution in [-0.2, 0) is 5.75 Å². The third-order valence-corrected chi connectivity index (χ3v) is 4.23. The van der Waals surface area contributed by atoms with Gasteiger partial charge in [-0.1, -0.05) is 18.2 Å². The number of hydrogen-bond donors (Lipinski definition) is 1. The third kappa shape index (κ3) is 3.33. The van der Waals surface area contributed by atoms with Gasteiger partial charge in [-0.15, -0.1) is 11.8 Å². The lowest BCUT2D eigenvalue weighted by Crippen LogP contribution is -1.99. The van der Waals surface area contributed by atoms with Crippen LogP contribution in [0.5, 0.6) is 5.75 Å². The van der Waals surface area contributed by atoms with Crippen molar-refractivity contribution >= 4 is 17.7 Å². The Morgan fingerprint density at radius 2 is 2.00 bits per heavy atom. The van der Waals surface area contributed by atoms with Gasteiger partial charge in [-0.2, -0.15) is 0 Å². The smallest absolute Gasteiger partial charge is 0.335 e. The Morgan fingerprint density at radius 3 is 2.65 bits per heavy atom. The molecule has 2 aromatic carbocycles. The van der Waals surface area contributed by atoms with Crippen LogP contribution in [0.3, 0.4) is 0 Å². The zero-order chi connectivity index (χ0) is 14.5. The van der Waals surface area contributed by atoms with Crippen LogP contribution in [0.4, 0.5) is 0 Å². The fourth-order valence-corrected chi connectivity index (χ4v) is 2.91. The summed E-state index contributed by atoms with van der Waals surface area (Å²) in [7, 11) is 1.59. The molecule has 3 nitrogen and oxygen atoms in total. The first kappa shape index (κ1) is 14.5. The van der Waals surface area contributed by atoms with Crippen molar-refractivity contribution in [1.82, 2.24) is 0 Å². The van der Waals surface area contributed by atoms with E-state index in [9.17, 15) is 4.79 Å². The van der Waals surface area contributed by atoms with Gasteiger partial charge < -0.3 is 9.84 Å². The van der Waals surface area contributed by atoms with E-state index in [1.165, 1.54) is 10.5 Å². The van der Waals surface area contributed by atoms with E-state index in [1.807, 2.05) is 12.1 Å². The molecule has 0 bridgehead atoms. The molecular formula is C16H16O3S. The van der Waals surface area contributed by atoms with Gasteiger partial charge in [0.05, 0.1) is 12.7 Å². The van der Waals surface area contributed by atoms with Crippen LogP contribution in [-0.4, -0.2) is 18.2 Å². The largest absolute Gasteiger partial charge is 0.496 e. The summed E-state index contributed by atoms with van der Waals surface area (Å²) >= 11 is 1.68. The minimum absolute atomic E-state index is 0.284. The second-order valence-corrected chi connectivity index (χ2v) is 5.40. The number of rotatable bonds is 5. The van der Waals surface area contributed by atoms with Crippen LogP contribution in [0, 0.1) is 6.92 Å². The standard InChI is InChI=1S/C16H16O3S/c1-11-5-3-4-6-15(11)20-10-13-9-12(16(17)18)7-8-14(13)19-2/h3-9H,10H2,1-2H3,(H,17,18). The van der Waals surface area contributed by atoms with Gasteiger partial charge in [0.2, 0.25) is 0 Å². The van der Waals surface area contributed by atoms with E-state index in [0.29, 0.717) is 5.75 Å². The molecule has 0 aromatic heterocycles. The van der Waals surface area contributed by atoms with Gasteiger partial charge in [-0.3, -0.25) is 0 Å². The van der Waals surface area contributed by atoms with Gasteiger partial charge in [0, 0.05) is 16.2 Å². The molecule has 0 heterocycles. The van der Waals surface area contributed by atoms with Crippen LogP contribution >= 0.6 is 11.8 Å². The van der Waals surface area contributed by atoms with Crippen LogP contribution in [0.15, 0.2) is 47.4 Å². The van der Waals surface area contributed by atoms with Crippen LogP contribution in [0.25, 0.3) is 0 Å². The molecule has 0 radical (unpaired) electrons. The Labute approximate surface area is 122 Å². The van der Waals surface area contributed by atoms with Gasteiger partial charge in [0.15, 0.2) is 0 Å². The second-order valence-electron chi connectivity index (χ2n) is 4.39. The first-order chi connectivity index (χ1) is 9.61. The van der Waals surface area contributed by atoms with Gasteiger partial charge >= 0.3 is 5.97 Å². The first-order valence-electron chi connectivity index (χ1n) is 6.20. The molecule has 0 aliphatic rings. The molecule has 0 aliphatic carbocycles. The molecule has 0 saturated heterocycles. The van der Waals surface area contributed by atoms with Crippen molar-refractivity contribution < 1.29 is 14.6 Å². The Kier molecular flexibility index (Phi) is 4.69. The van der Waals surface area contributed by atoms with Crippen molar-refractivity contribution in [3.8, 4) is 5.75 Å². The zero-order valence-corrected chi connectivity index (χ0v) is 12.2. The van der Waals surface area contributed by atoms with E-state index >= 15 is 0 Å². The highest BCUT2D eigenvalue weighted by Gasteiger charge is 2.10. The van der Waals surface area contributed by atoms with Crippen molar-refractivity contribution in [2.45, 2.75) is 17.6 Å². The summed E-state index contributed by atoms with van der Waals surface area (Å²) < 4.78 is 5.29. The molecule has 2 aromatic rings. The summed E-state index contributed by atoms with van der Waals surface area (Å²) in [6.45, 7) is 2.06. The summed E-state index contributed by atoms with van der Waals surface area (Å²) in [4.78, 5) is 12.2. The maximum absolute atomic E-state index is 11.0. The Balaban J connectivity index is 2.22. The highest BCUT2D eigenvalue weighted by Crippen LogP contribution is 2.30. The number of aryl methyl sites for hydroxylation is 1. The monoisotopic (exact) mass is 288 g/mol. The average Bonchev–Trinajstić information content (AvgIpc) is 2.46. The normalized spacial score (nSPS) is 10.3. The lowest BCUT2D eigenvalue weighted by Gasteiger charge is -2.10. The molecule has 0 spiro atoms. The number of carboxylic acid groups (broad SMARTS) is 1. The molecule has 4 heteroatoms. The maximum atomic E-state index is 11.0. The first-order valence-corrected chi connectivity index (χ1v) is 7.19. The number of ether oxygens (including phenoxy) is 1. The number of methoxy groups -OCH3 is 1. The highest BCUT2D eigenvalue weighted by atomic mass is 32.2. The topological polar surface area (TPSA) is 46.5 Å². The van der Waals surface area contributed by atoms with Crippen molar-refractivity contribution in [1.29, 1.82) is 0 Å². The lowest BCUT2D eigenvalue weighted by molar-refractivity contribution is 0.0696. The van der Waals surface area contributed by atoms with Crippen LogP contribution in [0.1, 0.15) is 21.5 Å². The summed E-state index contributed by atoms with van der Waals surface area (Å²) in [6, 6.07) is 13.1. The van der Waals surface area contributed by atoms with Crippen molar-refractivity contribution in [3.05, 3.63) is 59.2 Å². The lowest BCUT2D eigenvalue weighted by atomic mass is 10.1. The number of thioether (sulfide) groups is 1. The van der Waals surface area contributed by atoms with Gasteiger partial charge in [0.25, 0.3) is 0 Å². The molecule has 104 valence electrons. The molecule has 0 unspecified atom stereocenters. The molecule has 1 N–H and O–H groups in total. The second kappa shape index (κ2) is 6.48. The van der Waals surface area contributed by atoms with Gasteiger partial charge in [-0.25, -0.2) is 4.79 Å². The molecule has 2 rings (SSSR count). The third-order valence-electron chi connectivity index (χ3n) is 3.00. The fraction of sp³-hybridized carbons (Fsp3) is 0.188. The van der Waals surface area contributed by atoms with E-state index in [-0.39, 0.29) is 5.56 Å². The molecule has 0 aliphatic heterocycles. The summed E-state index contributed by atoms with van der Waals surface area (Å²) in [5.74, 6) is 0.473. The average molecular weight is 288 g/mol. The molecule has 0 saturated carbocycles. The fourth-order valence-electron chi connectivity index (χ4n) is 1.90. The van der Waals surface area contributed by atoms with E-state index in [0.717, 1.165) is 11.3 Å². The van der Waals surface area contributed by atoms with Gasteiger partial charge in [0.1, 0.15) is 5.75 Å². The number of carboxylic acids is 1. The Bertz CT molecular complexity index is 623. The van der Waals surface area contributed by atoms with Crippen molar-refractivity contribution in [2.75, 3.05) is 7.11 Å². The predicted octanol–water partition coefficient (Wildman–Crippen LogP) is 3.99.